The van der Waals surface area contributed by atoms with Crippen molar-refractivity contribution in [2.24, 2.45) is 0 Å². The molecule has 100 valence electrons. The van der Waals surface area contributed by atoms with Crippen molar-refractivity contribution < 1.29 is 9.13 Å². The number of ether oxygens (including phenoxy) is 1. The Kier molecular flexibility index (Phi) is 4.45. The monoisotopic (exact) mass is 280 g/mol. The lowest BCUT2D eigenvalue weighted by Gasteiger charge is -2.08. The van der Waals surface area contributed by atoms with E-state index in [0.717, 1.165) is 11.1 Å². The highest BCUT2D eigenvalue weighted by atomic mass is 35.5. The van der Waals surface area contributed by atoms with E-state index < -0.39 is 0 Å². The molecule has 5 heteroatoms. The fraction of sp³-hybridized carbons (Fsp3) is 0.286. The Labute approximate surface area is 116 Å². The normalized spacial score (nSPS) is 10.7. The van der Waals surface area contributed by atoms with Crippen LogP contribution in [0.25, 0.3) is 11.3 Å². The van der Waals surface area contributed by atoms with Crippen LogP contribution >= 0.6 is 11.6 Å². The Morgan fingerprint density at radius 3 is 2.74 bits per heavy atom. The summed E-state index contributed by atoms with van der Waals surface area (Å²) >= 11 is 5.98. The van der Waals surface area contributed by atoms with Gasteiger partial charge in [-0.3, -0.25) is 0 Å². The van der Waals surface area contributed by atoms with Crippen molar-refractivity contribution in [1.29, 1.82) is 0 Å². The van der Waals surface area contributed by atoms with E-state index in [4.69, 9.17) is 16.3 Å². The molecule has 0 unspecified atom stereocenters. The molecule has 19 heavy (non-hydrogen) atoms. The highest BCUT2D eigenvalue weighted by Crippen LogP contribution is 2.24. The van der Waals surface area contributed by atoms with E-state index in [0.29, 0.717) is 29.9 Å². The number of halogens is 2. The maximum atomic E-state index is 13.1. The molecule has 0 atom stereocenters. The number of nitrogens with zero attached hydrogens (tertiary/aromatic N) is 2. The van der Waals surface area contributed by atoms with Crippen molar-refractivity contribution in [2.45, 2.75) is 20.5 Å². The van der Waals surface area contributed by atoms with Crippen LogP contribution in [-0.4, -0.2) is 16.6 Å². The third-order valence-corrected chi connectivity index (χ3v) is 2.83. The van der Waals surface area contributed by atoms with Crippen molar-refractivity contribution in [2.75, 3.05) is 6.61 Å². The number of rotatable bonds is 4. The molecular formula is C14H14ClFN2O. The Morgan fingerprint density at radius 2 is 2.05 bits per heavy atom. The Bertz CT molecular complexity index is 590. The zero-order valence-corrected chi connectivity index (χ0v) is 11.5. The molecule has 1 aromatic heterocycles. The summed E-state index contributed by atoms with van der Waals surface area (Å²) in [5.41, 5.74) is 2.31. The quantitative estimate of drug-likeness (QED) is 0.800. The van der Waals surface area contributed by atoms with Crippen molar-refractivity contribution in [3.8, 4) is 11.3 Å². The molecule has 0 aliphatic carbocycles. The van der Waals surface area contributed by atoms with Crippen LogP contribution in [0.5, 0.6) is 0 Å². The maximum absolute atomic E-state index is 13.1. The van der Waals surface area contributed by atoms with Gasteiger partial charge < -0.3 is 4.74 Å². The van der Waals surface area contributed by atoms with Crippen LogP contribution in [-0.2, 0) is 11.3 Å². The average molecular weight is 281 g/mol. The molecule has 0 aliphatic heterocycles. The van der Waals surface area contributed by atoms with Gasteiger partial charge in [0.15, 0.2) is 5.82 Å². The minimum absolute atomic E-state index is 0.268. The molecule has 0 amide bonds. The van der Waals surface area contributed by atoms with Crippen LogP contribution in [0.3, 0.4) is 0 Å². The molecule has 3 nitrogen and oxygen atoms in total. The van der Waals surface area contributed by atoms with Crippen LogP contribution in [0.2, 0.25) is 5.15 Å². The SMILES string of the molecule is CCOCc1nc(Cl)cc(-c2ccc(F)cc2C)n1. The summed E-state index contributed by atoms with van der Waals surface area (Å²) in [6.45, 7) is 4.62. The molecule has 1 heterocycles. The van der Waals surface area contributed by atoms with Gasteiger partial charge in [-0.05, 0) is 37.6 Å². The highest BCUT2D eigenvalue weighted by molar-refractivity contribution is 6.29. The van der Waals surface area contributed by atoms with Crippen molar-refractivity contribution in [3.63, 3.8) is 0 Å². The number of hydrogen-bond donors (Lipinski definition) is 0. The van der Waals surface area contributed by atoms with Crippen LogP contribution in [0.4, 0.5) is 4.39 Å². The second-order valence-corrected chi connectivity index (χ2v) is 4.48. The lowest BCUT2D eigenvalue weighted by Crippen LogP contribution is -2.01. The van der Waals surface area contributed by atoms with E-state index in [2.05, 4.69) is 9.97 Å². The molecule has 0 saturated carbocycles. The first-order chi connectivity index (χ1) is 9.10. The third kappa shape index (κ3) is 3.49. The molecule has 0 radical (unpaired) electrons. The zero-order chi connectivity index (χ0) is 13.8. The first-order valence-corrected chi connectivity index (χ1v) is 6.35. The fourth-order valence-electron chi connectivity index (χ4n) is 1.78. The lowest BCUT2D eigenvalue weighted by atomic mass is 10.1. The molecular weight excluding hydrogens is 267 g/mol. The van der Waals surface area contributed by atoms with E-state index in [9.17, 15) is 4.39 Å². The number of hydrogen-bond acceptors (Lipinski definition) is 3. The largest absolute Gasteiger partial charge is 0.374 e. The van der Waals surface area contributed by atoms with E-state index in [1.54, 1.807) is 12.1 Å². The summed E-state index contributed by atoms with van der Waals surface area (Å²) < 4.78 is 18.4. The van der Waals surface area contributed by atoms with Gasteiger partial charge in [0, 0.05) is 18.2 Å². The van der Waals surface area contributed by atoms with Crippen molar-refractivity contribution >= 4 is 11.6 Å². The third-order valence-electron chi connectivity index (χ3n) is 2.64. The predicted octanol–water partition coefficient (Wildman–Crippen LogP) is 3.78. The van der Waals surface area contributed by atoms with E-state index in [-0.39, 0.29) is 5.82 Å². The van der Waals surface area contributed by atoms with E-state index in [1.807, 2.05) is 13.8 Å². The van der Waals surface area contributed by atoms with Gasteiger partial charge in [-0.15, -0.1) is 0 Å². The van der Waals surface area contributed by atoms with Gasteiger partial charge in [-0.1, -0.05) is 11.6 Å². The zero-order valence-electron chi connectivity index (χ0n) is 10.8. The minimum atomic E-state index is -0.268. The molecule has 0 aliphatic rings. The second kappa shape index (κ2) is 6.08. The first kappa shape index (κ1) is 13.9. The van der Waals surface area contributed by atoms with E-state index >= 15 is 0 Å². The van der Waals surface area contributed by atoms with Crippen LogP contribution in [0.1, 0.15) is 18.3 Å². The van der Waals surface area contributed by atoms with Gasteiger partial charge in [0.1, 0.15) is 17.6 Å². The summed E-state index contributed by atoms with van der Waals surface area (Å²) in [7, 11) is 0. The Hall–Kier alpha value is -1.52. The van der Waals surface area contributed by atoms with Gasteiger partial charge in [0.05, 0.1) is 5.69 Å². The molecule has 0 N–H and O–H groups in total. The smallest absolute Gasteiger partial charge is 0.156 e. The van der Waals surface area contributed by atoms with Gasteiger partial charge in [-0.2, -0.15) is 0 Å². The number of benzene rings is 1. The lowest BCUT2D eigenvalue weighted by molar-refractivity contribution is 0.128. The standard InChI is InChI=1S/C14H14ClFN2O/c1-3-19-8-14-17-12(7-13(15)18-14)11-5-4-10(16)6-9(11)2/h4-7H,3,8H2,1-2H3. The first-order valence-electron chi connectivity index (χ1n) is 5.98. The van der Waals surface area contributed by atoms with Gasteiger partial charge in [0.2, 0.25) is 0 Å². The fourth-order valence-corrected chi connectivity index (χ4v) is 1.98. The predicted molar refractivity (Wildman–Crippen MR) is 72.5 cm³/mol. The molecule has 2 rings (SSSR count). The van der Waals surface area contributed by atoms with E-state index in [1.165, 1.54) is 12.1 Å². The van der Waals surface area contributed by atoms with Crippen LogP contribution in [0.15, 0.2) is 24.3 Å². The summed E-state index contributed by atoms with van der Waals surface area (Å²) in [4.78, 5) is 8.49. The van der Waals surface area contributed by atoms with Crippen LogP contribution in [0, 0.1) is 12.7 Å². The van der Waals surface area contributed by atoms with Crippen LogP contribution < -0.4 is 0 Å². The highest BCUT2D eigenvalue weighted by Gasteiger charge is 2.08. The Morgan fingerprint density at radius 1 is 1.26 bits per heavy atom. The summed E-state index contributed by atoms with van der Waals surface area (Å²) in [6.07, 6.45) is 0. The minimum Gasteiger partial charge on any atom is -0.374 e. The molecule has 0 bridgehead atoms. The molecule has 0 saturated heterocycles. The maximum Gasteiger partial charge on any atom is 0.156 e. The van der Waals surface area contributed by atoms with Crippen molar-refractivity contribution in [1.82, 2.24) is 9.97 Å². The summed E-state index contributed by atoms with van der Waals surface area (Å²) in [5.74, 6) is 0.254. The molecule has 2 aromatic rings. The van der Waals surface area contributed by atoms with Gasteiger partial charge >= 0.3 is 0 Å². The Balaban J connectivity index is 2.41. The number of aryl methyl sites for hydroxylation is 1. The summed E-state index contributed by atoms with van der Waals surface area (Å²) in [6, 6.07) is 6.22. The van der Waals surface area contributed by atoms with Gasteiger partial charge in [0.25, 0.3) is 0 Å². The van der Waals surface area contributed by atoms with Crippen molar-refractivity contribution in [3.05, 3.63) is 46.6 Å². The molecule has 1 aromatic carbocycles. The second-order valence-electron chi connectivity index (χ2n) is 4.09. The topological polar surface area (TPSA) is 35.0 Å². The number of aromatic nitrogens is 2. The van der Waals surface area contributed by atoms with Gasteiger partial charge in [-0.25, -0.2) is 14.4 Å². The average Bonchev–Trinajstić information content (AvgIpc) is 2.35. The molecule has 0 fully saturated rings. The molecule has 0 spiro atoms. The summed E-state index contributed by atoms with van der Waals surface area (Å²) in [5, 5.41) is 0.350.